The monoisotopic (exact) mass is 414 g/mol. The number of rotatable bonds is 7. The van der Waals surface area contributed by atoms with E-state index in [-0.39, 0.29) is 26.8 Å². The molecule has 8 heteroatoms. The van der Waals surface area contributed by atoms with Crippen LogP contribution in [0.25, 0.3) is 0 Å². The molecule has 0 radical (unpaired) electrons. The minimum atomic E-state index is -0.517. The van der Waals surface area contributed by atoms with Gasteiger partial charge in [0.25, 0.3) is 0 Å². The van der Waals surface area contributed by atoms with Gasteiger partial charge < -0.3 is 28.4 Å². The zero-order valence-corrected chi connectivity index (χ0v) is 16.2. The minimum absolute atomic E-state index is 0.00871. The topological polar surface area (TPSA) is 89.5 Å². The standard InChI is InChI=1S/C22H22O8/c23-21(15-7-3-1-4-8-15)25-11-17-19(29-13-27-17)20-18(28-14-30-20)12-26-22(24)16-9-5-2-6-10-16/h1-10,17-20H,11-14H2/t17-,18-,19-,20+/m0/s1. The molecule has 0 bridgehead atoms. The SMILES string of the molecule is O=C(OC[C@@H]1OCO[C@@H]1[C@@H]1OCO[C@H]1COC(=O)c1ccccc1)c1ccccc1. The Morgan fingerprint density at radius 2 is 1.07 bits per heavy atom. The molecule has 0 aromatic heterocycles. The summed E-state index contributed by atoms with van der Waals surface area (Å²) in [6, 6.07) is 17.4. The molecule has 2 aliphatic rings. The van der Waals surface area contributed by atoms with Gasteiger partial charge in [0.05, 0.1) is 11.1 Å². The molecule has 2 aromatic rings. The minimum Gasteiger partial charge on any atom is -0.459 e. The van der Waals surface area contributed by atoms with Gasteiger partial charge in [-0.25, -0.2) is 9.59 Å². The number of ether oxygens (including phenoxy) is 6. The summed E-state index contributed by atoms with van der Waals surface area (Å²) in [6.07, 6.45) is -2.07. The molecular formula is C22H22O8. The van der Waals surface area contributed by atoms with Gasteiger partial charge in [-0.1, -0.05) is 36.4 Å². The fourth-order valence-corrected chi connectivity index (χ4v) is 3.34. The Morgan fingerprint density at radius 3 is 1.47 bits per heavy atom. The molecular weight excluding hydrogens is 392 g/mol. The van der Waals surface area contributed by atoms with Crippen molar-refractivity contribution in [1.82, 2.24) is 0 Å². The predicted octanol–water partition coefficient (Wildman–Crippen LogP) is 2.18. The molecule has 4 rings (SSSR count). The molecule has 2 aromatic carbocycles. The van der Waals surface area contributed by atoms with Gasteiger partial charge in [0.15, 0.2) is 0 Å². The van der Waals surface area contributed by atoms with Crippen LogP contribution in [0.5, 0.6) is 0 Å². The zero-order valence-electron chi connectivity index (χ0n) is 16.2. The summed E-state index contributed by atoms with van der Waals surface area (Å²) in [6.45, 7) is 0.118. The van der Waals surface area contributed by atoms with Gasteiger partial charge in [-0.2, -0.15) is 0 Å². The van der Waals surface area contributed by atoms with Crippen LogP contribution in [-0.4, -0.2) is 63.2 Å². The van der Waals surface area contributed by atoms with Gasteiger partial charge >= 0.3 is 11.9 Å². The second-order valence-corrected chi connectivity index (χ2v) is 6.84. The molecule has 8 nitrogen and oxygen atoms in total. The van der Waals surface area contributed by atoms with E-state index in [1.54, 1.807) is 48.5 Å². The molecule has 0 unspecified atom stereocenters. The lowest BCUT2D eigenvalue weighted by Crippen LogP contribution is -2.45. The van der Waals surface area contributed by atoms with Gasteiger partial charge in [0, 0.05) is 0 Å². The van der Waals surface area contributed by atoms with Crippen molar-refractivity contribution in [3.05, 3.63) is 71.8 Å². The molecule has 30 heavy (non-hydrogen) atoms. The zero-order chi connectivity index (χ0) is 20.8. The Bertz CT molecular complexity index is 769. The van der Waals surface area contributed by atoms with Gasteiger partial charge in [-0.3, -0.25) is 0 Å². The van der Waals surface area contributed by atoms with Crippen LogP contribution in [0.4, 0.5) is 0 Å². The number of hydrogen-bond acceptors (Lipinski definition) is 8. The molecule has 158 valence electrons. The number of esters is 2. The summed E-state index contributed by atoms with van der Waals surface area (Å²) in [5.41, 5.74) is 0.915. The summed E-state index contributed by atoms with van der Waals surface area (Å²) in [5, 5.41) is 0. The normalized spacial score (nSPS) is 25.7. The summed E-state index contributed by atoms with van der Waals surface area (Å²) >= 11 is 0. The Hall–Kier alpha value is -2.78. The average Bonchev–Trinajstić information content (AvgIpc) is 3.45. The average molecular weight is 414 g/mol. The van der Waals surface area contributed by atoms with Gasteiger partial charge in [0.2, 0.25) is 0 Å². The Morgan fingerprint density at radius 1 is 0.667 bits per heavy atom. The first kappa shape index (κ1) is 20.5. The van der Waals surface area contributed by atoms with E-state index in [9.17, 15) is 9.59 Å². The molecule has 2 saturated heterocycles. The first-order valence-corrected chi connectivity index (χ1v) is 9.63. The van der Waals surface area contributed by atoms with E-state index in [1.807, 2.05) is 12.1 Å². The first-order chi connectivity index (χ1) is 14.7. The van der Waals surface area contributed by atoms with Crippen LogP contribution in [0.2, 0.25) is 0 Å². The fraction of sp³-hybridized carbons (Fsp3) is 0.364. The number of carbonyl (C=O) groups excluding carboxylic acids is 2. The van der Waals surface area contributed by atoms with Crippen molar-refractivity contribution in [3.8, 4) is 0 Å². The summed E-state index contributed by atoms with van der Waals surface area (Å²) in [7, 11) is 0. The van der Waals surface area contributed by atoms with Crippen molar-refractivity contribution >= 4 is 11.9 Å². The highest BCUT2D eigenvalue weighted by Gasteiger charge is 2.45. The van der Waals surface area contributed by atoms with Crippen molar-refractivity contribution in [1.29, 1.82) is 0 Å². The lowest BCUT2D eigenvalue weighted by molar-refractivity contribution is -0.0418. The van der Waals surface area contributed by atoms with E-state index in [4.69, 9.17) is 28.4 Å². The Kier molecular flexibility index (Phi) is 6.70. The van der Waals surface area contributed by atoms with Crippen LogP contribution in [0, 0.1) is 0 Å². The third kappa shape index (κ3) is 4.85. The van der Waals surface area contributed by atoms with E-state index >= 15 is 0 Å². The van der Waals surface area contributed by atoms with E-state index in [2.05, 4.69) is 0 Å². The predicted molar refractivity (Wildman–Crippen MR) is 103 cm³/mol. The second-order valence-electron chi connectivity index (χ2n) is 6.84. The molecule has 0 saturated carbocycles. The highest BCUT2D eigenvalue weighted by atomic mass is 16.8. The molecule has 2 aliphatic heterocycles. The van der Waals surface area contributed by atoms with Crippen molar-refractivity contribution < 1.29 is 38.0 Å². The highest BCUT2D eigenvalue weighted by Crippen LogP contribution is 2.26. The van der Waals surface area contributed by atoms with Crippen molar-refractivity contribution in [2.75, 3.05) is 26.8 Å². The Labute approximate surface area is 173 Å². The maximum Gasteiger partial charge on any atom is 0.338 e. The van der Waals surface area contributed by atoms with Crippen LogP contribution < -0.4 is 0 Å². The number of benzene rings is 2. The third-order valence-corrected chi connectivity index (χ3v) is 4.92. The maximum absolute atomic E-state index is 12.2. The highest BCUT2D eigenvalue weighted by molar-refractivity contribution is 5.89. The van der Waals surface area contributed by atoms with Crippen molar-refractivity contribution in [3.63, 3.8) is 0 Å². The summed E-state index contributed by atoms with van der Waals surface area (Å²) in [4.78, 5) is 24.3. The van der Waals surface area contributed by atoms with Crippen LogP contribution in [0.15, 0.2) is 60.7 Å². The van der Waals surface area contributed by atoms with E-state index in [0.717, 1.165) is 0 Å². The molecule has 0 N–H and O–H groups in total. The molecule has 0 aliphatic carbocycles. The fourth-order valence-electron chi connectivity index (χ4n) is 3.34. The van der Waals surface area contributed by atoms with Crippen LogP contribution in [0.3, 0.4) is 0 Å². The van der Waals surface area contributed by atoms with Crippen molar-refractivity contribution in [2.24, 2.45) is 0 Å². The largest absolute Gasteiger partial charge is 0.459 e. The molecule has 4 atom stereocenters. The number of hydrogen-bond donors (Lipinski definition) is 0. The summed E-state index contributed by atoms with van der Waals surface area (Å²) < 4.78 is 33.2. The number of carbonyl (C=O) groups is 2. The third-order valence-electron chi connectivity index (χ3n) is 4.92. The summed E-state index contributed by atoms with van der Waals surface area (Å²) in [5.74, 6) is -0.886. The van der Waals surface area contributed by atoms with E-state index < -0.39 is 36.4 Å². The van der Waals surface area contributed by atoms with E-state index in [1.165, 1.54) is 0 Å². The quantitative estimate of drug-likeness (QED) is 0.637. The lowest BCUT2D eigenvalue weighted by atomic mass is 10.0. The van der Waals surface area contributed by atoms with Crippen molar-refractivity contribution in [2.45, 2.75) is 24.4 Å². The molecule has 2 fully saturated rings. The molecule has 0 amide bonds. The maximum atomic E-state index is 12.2. The van der Waals surface area contributed by atoms with Crippen LogP contribution >= 0.6 is 0 Å². The van der Waals surface area contributed by atoms with Gasteiger partial charge in [-0.05, 0) is 24.3 Å². The van der Waals surface area contributed by atoms with Gasteiger partial charge in [0.1, 0.15) is 51.2 Å². The molecule has 0 spiro atoms. The first-order valence-electron chi connectivity index (χ1n) is 9.63. The van der Waals surface area contributed by atoms with Crippen LogP contribution in [0.1, 0.15) is 20.7 Å². The molecule has 2 heterocycles. The van der Waals surface area contributed by atoms with Crippen LogP contribution in [-0.2, 0) is 28.4 Å². The lowest BCUT2D eigenvalue weighted by Gasteiger charge is -2.25. The Balaban J connectivity index is 1.31. The van der Waals surface area contributed by atoms with Gasteiger partial charge in [-0.15, -0.1) is 0 Å². The smallest absolute Gasteiger partial charge is 0.338 e. The van der Waals surface area contributed by atoms with E-state index in [0.29, 0.717) is 11.1 Å². The second kappa shape index (κ2) is 9.82.